The summed E-state index contributed by atoms with van der Waals surface area (Å²) in [5.41, 5.74) is -0.177. The summed E-state index contributed by atoms with van der Waals surface area (Å²) in [5, 5.41) is 0. The third-order valence-electron chi connectivity index (χ3n) is 3.42. The Morgan fingerprint density at radius 2 is 2.21 bits per heavy atom. The predicted molar refractivity (Wildman–Crippen MR) is 55.7 cm³/mol. The number of allylic oxidation sites excluding steroid dienone is 1. The summed E-state index contributed by atoms with van der Waals surface area (Å²) in [5.74, 6) is 1.33. The fraction of sp³-hybridized carbons (Fsp3) is 0.833. The molecule has 0 N–H and O–H groups in total. The first kappa shape index (κ1) is 10.2. The van der Waals surface area contributed by atoms with Gasteiger partial charge < -0.3 is 0 Å². The van der Waals surface area contributed by atoms with Gasteiger partial charge in [0.25, 0.3) is 0 Å². The molecule has 3 rings (SSSR count). The molecule has 80 valence electrons. The smallest absolute Gasteiger partial charge is 0.119 e. The van der Waals surface area contributed by atoms with E-state index in [1.807, 2.05) is 0 Å². The second-order valence-electron chi connectivity index (χ2n) is 5.16. The molecule has 0 amide bonds. The van der Waals surface area contributed by atoms with E-state index in [9.17, 15) is 0 Å². The third-order valence-corrected chi connectivity index (χ3v) is 3.42. The molecule has 0 spiro atoms. The second kappa shape index (κ2) is 3.67. The second-order valence-corrected chi connectivity index (χ2v) is 5.16. The van der Waals surface area contributed by atoms with Crippen molar-refractivity contribution in [2.24, 2.45) is 11.8 Å². The van der Waals surface area contributed by atoms with Gasteiger partial charge >= 0.3 is 0 Å². The molecule has 14 heavy (non-hydrogen) atoms. The van der Waals surface area contributed by atoms with Crippen LogP contribution in [0.25, 0.3) is 0 Å². The van der Waals surface area contributed by atoms with Crippen LogP contribution in [-0.2, 0) is 9.78 Å². The lowest BCUT2D eigenvalue weighted by molar-refractivity contribution is -0.396. The summed E-state index contributed by atoms with van der Waals surface area (Å²) in [6, 6.07) is 0. The molecule has 0 aromatic heterocycles. The molecule has 1 saturated heterocycles. The maximum atomic E-state index is 5.41. The largest absolute Gasteiger partial charge is 0.232 e. The molecular weight excluding hydrogens is 176 g/mol. The van der Waals surface area contributed by atoms with Gasteiger partial charge in [0.15, 0.2) is 0 Å². The average Bonchev–Trinajstić information content (AvgIpc) is 2.10. The van der Waals surface area contributed by atoms with Crippen molar-refractivity contribution < 1.29 is 9.78 Å². The lowest BCUT2D eigenvalue weighted by atomic mass is 9.82. The maximum Gasteiger partial charge on any atom is 0.119 e. The molecule has 2 aliphatic heterocycles. The molecule has 2 nitrogen and oxygen atoms in total. The van der Waals surface area contributed by atoms with Gasteiger partial charge in [0.05, 0.1) is 6.10 Å². The summed E-state index contributed by atoms with van der Waals surface area (Å²) < 4.78 is 0. The first-order valence-electron chi connectivity index (χ1n) is 5.63. The number of hydrogen-bond acceptors (Lipinski definition) is 2. The molecule has 0 radical (unpaired) electrons. The van der Waals surface area contributed by atoms with Crippen LogP contribution < -0.4 is 0 Å². The van der Waals surface area contributed by atoms with Crippen molar-refractivity contribution in [1.82, 2.24) is 0 Å². The summed E-state index contributed by atoms with van der Waals surface area (Å²) in [4.78, 5) is 10.8. The van der Waals surface area contributed by atoms with Gasteiger partial charge in [-0.15, -0.1) is 0 Å². The van der Waals surface area contributed by atoms with Crippen LogP contribution in [0.15, 0.2) is 12.2 Å². The third kappa shape index (κ3) is 2.01. The highest BCUT2D eigenvalue weighted by molar-refractivity contribution is 5.05. The monoisotopic (exact) mass is 196 g/mol. The maximum absolute atomic E-state index is 5.41. The van der Waals surface area contributed by atoms with Gasteiger partial charge in [-0.1, -0.05) is 26.0 Å². The highest BCUT2D eigenvalue weighted by Crippen LogP contribution is 2.35. The number of rotatable bonds is 1. The van der Waals surface area contributed by atoms with E-state index >= 15 is 0 Å². The standard InChI is InChI=1S/C12H20O2/c1-9(2)10-4-6-12(3)7-5-11(8-10)13-14-12/h4,6,9-11H,5,7-8H2,1-3H3. The Morgan fingerprint density at radius 3 is 2.79 bits per heavy atom. The normalized spacial score (nSPS) is 42.6. The van der Waals surface area contributed by atoms with Crippen molar-refractivity contribution >= 4 is 0 Å². The van der Waals surface area contributed by atoms with Crippen molar-refractivity contribution in [2.45, 2.75) is 51.7 Å². The summed E-state index contributed by atoms with van der Waals surface area (Å²) in [7, 11) is 0. The minimum absolute atomic E-state index is 0.177. The SMILES string of the molecule is CC(C)C1C=CC2(C)CCC(C1)OO2. The molecule has 3 aliphatic rings. The fourth-order valence-corrected chi connectivity index (χ4v) is 2.19. The van der Waals surface area contributed by atoms with Crippen LogP contribution in [0.4, 0.5) is 0 Å². The molecule has 1 aliphatic carbocycles. The minimum atomic E-state index is -0.177. The Hall–Kier alpha value is -0.340. The first-order valence-corrected chi connectivity index (χ1v) is 5.63. The van der Waals surface area contributed by atoms with Crippen LogP contribution in [0.2, 0.25) is 0 Å². The fourth-order valence-electron chi connectivity index (χ4n) is 2.19. The number of fused-ring (bicyclic) bond motifs is 4. The molecule has 0 saturated carbocycles. The molecule has 2 heteroatoms. The molecular formula is C12H20O2. The van der Waals surface area contributed by atoms with Gasteiger partial charge in [-0.25, -0.2) is 9.78 Å². The van der Waals surface area contributed by atoms with E-state index in [1.54, 1.807) is 0 Å². The van der Waals surface area contributed by atoms with E-state index < -0.39 is 0 Å². The highest BCUT2D eigenvalue weighted by Gasteiger charge is 2.35. The van der Waals surface area contributed by atoms with Gasteiger partial charge in [-0.2, -0.15) is 0 Å². The van der Waals surface area contributed by atoms with Crippen LogP contribution >= 0.6 is 0 Å². The number of hydrogen-bond donors (Lipinski definition) is 0. The Bertz CT molecular complexity index is 224. The Balaban J connectivity index is 2.17. The minimum Gasteiger partial charge on any atom is -0.232 e. The van der Waals surface area contributed by atoms with E-state index in [-0.39, 0.29) is 5.60 Å². The van der Waals surface area contributed by atoms with Crippen LogP contribution in [0.1, 0.15) is 40.0 Å². The lowest BCUT2D eigenvalue weighted by Gasteiger charge is -2.38. The van der Waals surface area contributed by atoms with E-state index in [0.29, 0.717) is 17.9 Å². The van der Waals surface area contributed by atoms with Crippen LogP contribution in [0.3, 0.4) is 0 Å². The van der Waals surface area contributed by atoms with E-state index in [0.717, 1.165) is 19.3 Å². The predicted octanol–water partition coefficient (Wildman–Crippen LogP) is 3.09. The van der Waals surface area contributed by atoms with Crippen molar-refractivity contribution in [3.8, 4) is 0 Å². The van der Waals surface area contributed by atoms with Gasteiger partial charge in [0, 0.05) is 0 Å². The van der Waals surface area contributed by atoms with E-state index in [4.69, 9.17) is 9.78 Å². The van der Waals surface area contributed by atoms with Gasteiger partial charge in [-0.05, 0) is 38.0 Å². The topological polar surface area (TPSA) is 18.5 Å². The Morgan fingerprint density at radius 1 is 1.43 bits per heavy atom. The Kier molecular flexibility index (Phi) is 2.67. The molecule has 3 atom stereocenters. The first-order chi connectivity index (χ1) is 6.59. The van der Waals surface area contributed by atoms with E-state index in [2.05, 4.69) is 32.9 Å². The molecule has 2 bridgehead atoms. The summed E-state index contributed by atoms with van der Waals surface area (Å²) in [6.07, 6.45) is 8.13. The average molecular weight is 196 g/mol. The van der Waals surface area contributed by atoms with Crippen LogP contribution in [-0.4, -0.2) is 11.7 Å². The summed E-state index contributed by atoms with van der Waals surface area (Å²) in [6.45, 7) is 6.64. The van der Waals surface area contributed by atoms with Gasteiger partial charge in [-0.3, -0.25) is 0 Å². The zero-order valence-electron chi connectivity index (χ0n) is 9.32. The molecule has 0 aromatic carbocycles. The van der Waals surface area contributed by atoms with Crippen LogP contribution in [0, 0.1) is 11.8 Å². The Labute approximate surface area is 86.2 Å². The van der Waals surface area contributed by atoms with E-state index in [1.165, 1.54) is 0 Å². The highest BCUT2D eigenvalue weighted by atomic mass is 17.2. The zero-order valence-corrected chi connectivity index (χ0v) is 9.32. The van der Waals surface area contributed by atoms with Crippen LogP contribution in [0.5, 0.6) is 0 Å². The van der Waals surface area contributed by atoms with Crippen molar-refractivity contribution in [3.05, 3.63) is 12.2 Å². The van der Waals surface area contributed by atoms with Crippen molar-refractivity contribution in [2.75, 3.05) is 0 Å². The van der Waals surface area contributed by atoms with Gasteiger partial charge in [0.1, 0.15) is 5.60 Å². The summed E-state index contributed by atoms with van der Waals surface area (Å²) >= 11 is 0. The van der Waals surface area contributed by atoms with Crippen molar-refractivity contribution in [3.63, 3.8) is 0 Å². The van der Waals surface area contributed by atoms with Gasteiger partial charge in [0.2, 0.25) is 0 Å². The lowest BCUT2D eigenvalue weighted by Crippen LogP contribution is -2.38. The molecule has 1 fully saturated rings. The molecule has 2 heterocycles. The quantitative estimate of drug-likeness (QED) is 0.474. The van der Waals surface area contributed by atoms with Crippen molar-refractivity contribution in [1.29, 1.82) is 0 Å². The zero-order chi connectivity index (χ0) is 10.2. The molecule has 3 unspecified atom stereocenters. The molecule has 0 aromatic rings.